The Labute approximate surface area is 223 Å². The van der Waals surface area contributed by atoms with Gasteiger partial charge in [-0.15, -0.1) is 0 Å². The fourth-order valence-corrected chi connectivity index (χ4v) is 7.21. The molecule has 2 saturated carbocycles. The molecule has 0 spiro atoms. The number of Topliss-reactive ketones (excluding diaryl/α,β-unsaturated/α-hetero) is 1. The van der Waals surface area contributed by atoms with Crippen molar-refractivity contribution in [2.45, 2.75) is 104 Å². The summed E-state index contributed by atoms with van der Waals surface area (Å²) in [6, 6.07) is 0. The molecule has 4 aliphatic rings. The van der Waals surface area contributed by atoms with E-state index in [1.165, 1.54) is 13.8 Å². The van der Waals surface area contributed by atoms with E-state index in [0.717, 1.165) is 0 Å². The van der Waals surface area contributed by atoms with Crippen LogP contribution in [0.5, 0.6) is 0 Å². The van der Waals surface area contributed by atoms with E-state index < -0.39 is 64.9 Å². The van der Waals surface area contributed by atoms with E-state index in [0.29, 0.717) is 17.6 Å². The number of ketones is 1. The van der Waals surface area contributed by atoms with E-state index in [1.54, 1.807) is 39.8 Å². The zero-order valence-corrected chi connectivity index (χ0v) is 23.7. The molecule has 38 heavy (non-hydrogen) atoms. The molecule has 210 valence electrons. The van der Waals surface area contributed by atoms with Crippen LogP contribution in [0.15, 0.2) is 23.3 Å². The van der Waals surface area contributed by atoms with Crippen molar-refractivity contribution in [2.75, 3.05) is 0 Å². The monoisotopic (exact) mass is 532 g/mol. The molecule has 0 aromatic heterocycles. The number of hydrogen-bond donors (Lipinski definition) is 1. The average Bonchev–Trinajstić information content (AvgIpc) is 3.62. The van der Waals surface area contributed by atoms with Gasteiger partial charge in [-0.3, -0.25) is 14.4 Å². The molecule has 10 atom stereocenters. The standard InChI is InChI=1S/C29H40O9/c1-10-13(2)26(34)37-23-20-19(27(20,8)9)22(35-17(6)30)16(5)24(33)28-12-15(4)25(36-18(7)31)29(28,38-28)11-14(3)21(23)32/h10-11,15-16,19-23,25,32H,12H2,1-9H3/b13-10+,14-11-/t15-,16+,19-,20+,21+,22-,23+,25-,28-,29-/m0/s1. The molecule has 0 amide bonds. The quantitative estimate of drug-likeness (QED) is 0.191. The topological polar surface area (TPSA) is 129 Å². The molecule has 3 fully saturated rings. The summed E-state index contributed by atoms with van der Waals surface area (Å²) in [4.78, 5) is 51.3. The average molecular weight is 533 g/mol. The molecule has 1 saturated heterocycles. The third-order valence-corrected chi connectivity index (χ3v) is 9.30. The van der Waals surface area contributed by atoms with Crippen LogP contribution < -0.4 is 0 Å². The van der Waals surface area contributed by atoms with Crippen LogP contribution in [0.3, 0.4) is 0 Å². The van der Waals surface area contributed by atoms with Gasteiger partial charge >= 0.3 is 17.9 Å². The first-order valence-corrected chi connectivity index (χ1v) is 13.4. The van der Waals surface area contributed by atoms with E-state index in [9.17, 15) is 24.3 Å². The van der Waals surface area contributed by atoms with Crippen molar-refractivity contribution < 1.29 is 43.2 Å². The van der Waals surface area contributed by atoms with Crippen molar-refractivity contribution in [3.8, 4) is 0 Å². The molecule has 0 aromatic carbocycles. The molecule has 0 unspecified atom stereocenters. The lowest BCUT2D eigenvalue weighted by molar-refractivity contribution is -0.157. The molecule has 4 rings (SSSR count). The first-order chi connectivity index (χ1) is 17.6. The Morgan fingerprint density at radius 3 is 2.16 bits per heavy atom. The first kappa shape index (κ1) is 28.5. The number of carbonyl (C=O) groups is 4. The van der Waals surface area contributed by atoms with Crippen LogP contribution >= 0.6 is 0 Å². The van der Waals surface area contributed by atoms with Gasteiger partial charge in [0.25, 0.3) is 0 Å². The molecular formula is C29H40O9. The maximum Gasteiger partial charge on any atom is 0.333 e. The Balaban J connectivity index is 1.87. The van der Waals surface area contributed by atoms with E-state index in [-0.39, 0.29) is 23.5 Å². The Hall–Kier alpha value is -2.52. The highest BCUT2D eigenvalue weighted by Crippen LogP contribution is 2.68. The molecular weight excluding hydrogens is 492 g/mol. The molecule has 3 aliphatic carbocycles. The van der Waals surface area contributed by atoms with Crippen LogP contribution in [0.4, 0.5) is 0 Å². The van der Waals surface area contributed by atoms with Crippen LogP contribution in [-0.2, 0) is 38.1 Å². The van der Waals surface area contributed by atoms with Gasteiger partial charge in [0.05, 0.1) is 5.92 Å². The zero-order valence-electron chi connectivity index (χ0n) is 23.7. The van der Waals surface area contributed by atoms with E-state index in [4.69, 9.17) is 18.9 Å². The predicted octanol–water partition coefficient (Wildman–Crippen LogP) is 3.07. The molecule has 1 heterocycles. The SMILES string of the molecule is C/C=C(\C)C(=O)O[C@@H]1[C@H]2[C@@H]([C@@H](OC(C)=O)[C@@H](C)C(=O)[C@@]34C[C@H](C)[C@H](OC(C)=O)[C@]3(/C=C(/C)[C@H]1O)O4)C2(C)C. The number of rotatable bonds is 4. The molecule has 0 aromatic rings. The predicted molar refractivity (Wildman–Crippen MR) is 135 cm³/mol. The Bertz CT molecular complexity index is 1120. The smallest absolute Gasteiger partial charge is 0.333 e. The number of carbonyl (C=O) groups excluding carboxylic acids is 4. The summed E-state index contributed by atoms with van der Waals surface area (Å²) in [5.74, 6) is -3.52. The zero-order chi connectivity index (χ0) is 28.5. The lowest BCUT2D eigenvalue weighted by atomic mass is 9.80. The van der Waals surface area contributed by atoms with Crippen LogP contribution in [-0.4, -0.2) is 64.4 Å². The van der Waals surface area contributed by atoms with Gasteiger partial charge < -0.3 is 24.1 Å². The number of hydrogen-bond acceptors (Lipinski definition) is 9. The van der Waals surface area contributed by atoms with Crippen molar-refractivity contribution in [3.05, 3.63) is 23.3 Å². The summed E-state index contributed by atoms with van der Waals surface area (Å²) in [6.45, 7) is 15.2. The van der Waals surface area contributed by atoms with Crippen LogP contribution in [0.25, 0.3) is 0 Å². The number of aliphatic hydroxyl groups excluding tert-OH is 1. The highest BCUT2D eigenvalue weighted by atomic mass is 16.7. The Morgan fingerprint density at radius 2 is 1.61 bits per heavy atom. The fraction of sp³-hybridized carbons (Fsp3) is 0.724. The minimum atomic E-state index is -1.28. The molecule has 1 N–H and O–H groups in total. The first-order valence-electron chi connectivity index (χ1n) is 13.4. The molecule has 1 aliphatic heterocycles. The Morgan fingerprint density at radius 1 is 1.03 bits per heavy atom. The van der Waals surface area contributed by atoms with Crippen molar-refractivity contribution in [1.29, 1.82) is 0 Å². The van der Waals surface area contributed by atoms with Gasteiger partial charge in [0.2, 0.25) is 0 Å². The van der Waals surface area contributed by atoms with E-state index >= 15 is 0 Å². The molecule has 9 nitrogen and oxygen atoms in total. The summed E-state index contributed by atoms with van der Waals surface area (Å²) in [5, 5.41) is 11.6. The number of ether oxygens (including phenoxy) is 4. The van der Waals surface area contributed by atoms with Crippen molar-refractivity contribution in [3.63, 3.8) is 0 Å². The van der Waals surface area contributed by atoms with Crippen LogP contribution in [0.2, 0.25) is 0 Å². The van der Waals surface area contributed by atoms with Gasteiger partial charge in [0, 0.05) is 31.3 Å². The van der Waals surface area contributed by atoms with Gasteiger partial charge in [-0.05, 0) is 50.2 Å². The Kier molecular flexibility index (Phi) is 6.97. The number of aliphatic hydroxyl groups is 1. The highest BCUT2D eigenvalue weighted by molar-refractivity contribution is 5.96. The summed E-state index contributed by atoms with van der Waals surface area (Å²) in [5.41, 5.74) is -2.22. The number of esters is 3. The van der Waals surface area contributed by atoms with Gasteiger partial charge in [-0.2, -0.15) is 0 Å². The van der Waals surface area contributed by atoms with Crippen molar-refractivity contribution in [2.24, 2.45) is 29.1 Å². The van der Waals surface area contributed by atoms with E-state index in [2.05, 4.69) is 0 Å². The maximum absolute atomic E-state index is 14.2. The second kappa shape index (κ2) is 9.30. The lowest BCUT2D eigenvalue weighted by Crippen LogP contribution is -2.43. The summed E-state index contributed by atoms with van der Waals surface area (Å²) >= 11 is 0. The largest absolute Gasteiger partial charge is 0.461 e. The third kappa shape index (κ3) is 4.13. The molecule has 0 bridgehead atoms. The van der Waals surface area contributed by atoms with E-state index in [1.807, 2.05) is 20.8 Å². The number of allylic oxidation sites excluding steroid dienone is 1. The second-order valence-electron chi connectivity index (χ2n) is 12.2. The normalized spacial score (nSPS) is 44.7. The minimum Gasteiger partial charge on any atom is -0.461 e. The van der Waals surface area contributed by atoms with Crippen LogP contribution in [0.1, 0.15) is 68.7 Å². The van der Waals surface area contributed by atoms with Gasteiger partial charge in [-0.25, -0.2) is 4.79 Å². The minimum absolute atomic E-state index is 0.198. The van der Waals surface area contributed by atoms with Crippen molar-refractivity contribution >= 4 is 23.7 Å². The lowest BCUT2D eigenvalue weighted by Gasteiger charge is -2.28. The second-order valence-corrected chi connectivity index (χ2v) is 12.2. The summed E-state index contributed by atoms with van der Waals surface area (Å²) in [7, 11) is 0. The summed E-state index contributed by atoms with van der Waals surface area (Å²) < 4.78 is 23.6. The van der Waals surface area contributed by atoms with Gasteiger partial charge in [-0.1, -0.05) is 33.8 Å². The molecule has 0 radical (unpaired) electrons. The molecule has 9 heteroatoms. The van der Waals surface area contributed by atoms with Gasteiger partial charge in [0.15, 0.2) is 17.0 Å². The number of fused-ring (bicyclic) bond motifs is 1. The fourth-order valence-electron chi connectivity index (χ4n) is 7.21. The van der Waals surface area contributed by atoms with Crippen molar-refractivity contribution in [1.82, 2.24) is 0 Å². The summed E-state index contributed by atoms with van der Waals surface area (Å²) in [6.07, 6.45) is -0.143. The van der Waals surface area contributed by atoms with Gasteiger partial charge in [0.1, 0.15) is 24.4 Å². The van der Waals surface area contributed by atoms with Crippen LogP contribution in [0, 0.1) is 29.1 Å². The maximum atomic E-state index is 14.2. The third-order valence-electron chi connectivity index (χ3n) is 9.30. The number of epoxide rings is 1. The highest BCUT2D eigenvalue weighted by Gasteiger charge is 2.84.